The lowest BCUT2D eigenvalue weighted by Gasteiger charge is -2.07. The monoisotopic (exact) mass is 378 g/mol. The minimum Gasteiger partial charge on any atom is -0.455 e. The van der Waals surface area contributed by atoms with Gasteiger partial charge in [0, 0.05) is 29.1 Å². The number of hydrogen-bond acceptors (Lipinski definition) is 6. The van der Waals surface area contributed by atoms with Crippen LogP contribution in [0.5, 0.6) is 0 Å². The molecule has 2 aromatic carbocycles. The van der Waals surface area contributed by atoms with Crippen molar-refractivity contribution in [1.29, 1.82) is 0 Å². The van der Waals surface area contributed by atoms with Crippen LogP contribution in [-0.4, -0.2) is 29.2 Å². The van der Waals surface area contributed by atoms with Gasteiger partial charge in [-0.05, 0) is 18.2 Å². The van der Waals surface area contributed by atoms with Gasteiger partial charge in [-0.25, -0.2) is 4.39 Å². The highest BCUT2D eigenvalue weighted by Crippen LogP contribution is 2.21. The van der Waals surface area contributed by atoms with E-state index in [4.69, 9.17) is 4.74 Å². The number of nitro benzene ring substituents is 1. The van der Waals surface area contributed by atoms with E-state index in [2.05, 4.69) is 5.32 Å². The second kappa shape index (κ2) is 9.52. The molecule has 1 N–H and O–H groups in total. The molecule has 0 saturated carbocycles. The van der Waals surface area contributed by atoms with Crippen molar-refractivity contribution in [2.45, 2.75) is 11.4 Å². The lowest BCUT2D eigenvalue weighted by molar-refractivity contribution is -0.384. The van der Waals surface area contributed by atoms with Gasteiger partial charge >= 0.3 is 5.97 Å². The molecule has 0 bridgehead atoms. The average Bonchev–Trinajstić information content (AvgIpc) is 2.64. The van der Waals surface area contributed by atoms with Crippen LogP contribution in [0.4, 0.5) is 10.1 Å². The Labute approximate surface area is 152 Å². The lowest BCUT2D eigenvalue weighted by Crippen LogP contribution is -2.29. The van der Waals surface area contributed by atoms with Crippen LogP contribution in [0.15, 0.2) is 53.4 Å². The van der Waals surface area contributed by atoms with E-state index < -0.39 is 29.2 Å². The van der Waals surface area contributed by atoms with E-state index in [-0.39, 0.29) is 18.0 Å². The van der Waals surface area contributed by atoms with E-state index in [1.807, 2.05) is 0 Å². The summed E-state index contributed by atoms with van der Waals surface area (Å²) in [6.45, 7) is -0.464. The number of amides is 1. The molecule has 1 amide bonds. The molecule has 0 aliphatic heterocycles. The van der Waals surface area contributed by atoms with Crippen molar-refractivity contribution in [3.63, 3.8) is 0 Å². The van der Waals surface area contributed by atoms with Gasteiger partial charge in [0.1, 0.15) is 5.82 Å². The maximum atomic E-state index is 13.4. The van der Waals surface area contributed by atoms with E-state index in [1.54, 1.807) is 18.2 Å². The molecule has 9 heteroatoms. The van der Waals surface area contributed by atoms with Crippen LogP contribution in [0.3, 0.4) is 0 Å². The normalized spacial score (nSPS) is 10.2. The summed E-state index contributed by atoms with van der Waals surface area (Å²) in [5, 5.41) is 13.0. The van der Waals surface area contributed by atoms with Crippen molar-refractivity contribution in [3.05, 3.63) is 70.0 Å². The number of carbonyl (C=O) groups excluding carboxylic acids is 2. The number of thioether (sulfide) groups is 1. The maximum Gasteiger partial charge on any atom is 0.316 e. The summed E-state index contributed by atoms with van der Waals surface area (Å²) in [5.74, 6) is -1.61. The highest BCUT2D eigenvalue weighted by molar-refractivity contribution is 8.00. The number of ether oxygens (including phenoxy) is 1. The minimum absolute atomic E-state index is 0.000597. The van der Waals surface area contributed by atoms with E-state index >= 15 is 0 Å². The predicted molar refractivity (Wildman–Crippen MR) is 93.0 cm³/mol. The standard InChI is InChI=1S/C17H15FN2O5S/c18-15-4-2-1-3-12(15)9-19-16(21)10-25-17(22)11-26-14-7-5-13(6-8-14)20(23)24/h1-8H,9-11H2,(H,19,21). The first-order valence-corrected chi connectivity index (χ1v) is 8.47. The van der Waals surface area contributed by atoms with Crippen molar-refractivity contribution in [1.82, 2.24) is 5.32 Å². The average molecular weight is 378 g/mol. The summed E-state index contributed by atoms with van der Waals surface area (Å²) >= 11 is 1.13. The van der Waals surface area contributed by atoms with E-state index in [9.17, 15) is 24.1 Å². The summed E-state index contributed by atoms with van der Waals surface area (Å²) < 4.78 is 18.2. The molecular formula is C17H15FN2O5S. The van der Waals surface area contributed by atoms with Crippen molar-refractivity contribution >= 4 is 29.3 Å². The fraction of sp³-hybridized carbons (Fsp3) is 0.176. The Morgan fingerprint density at radius 3 is 2.50 bits per heavy atom. The predicted octanol–water partition coefficient (Wildman–Crippen LogP) is 2.69. The van der Waals surface area contributed by atoms with Gasteiger partial charge in [0.05, 0.1) is 10.7 Å². The second-order valence-corrected chi connectivity index (χ2v) is 6.12. The summed E-state index contributed by atoms with van der Waals surface area (Å²) in [7, 11) is 0. The molecule has 7 nitrogen and oxygen atoms in total. The van der Waals surface area contributed by atoms with Crippen LogP contribution in [-0.2, 0) is 20.9 Å². The molecule has 0 atom stereocenters. The molecule has 0 spiro atoms. The zero-order valence-electron chi connectivity index (χ0n) is 13.5. The van der Waals surface area contributed by atoms with Crippen LogP contribution >= 0.6 is 11.8 Å². The third kappa shape index (κ3) is 6.17. The first kappa shape index (κ1) is 19.4. The molecule has 0 unspecified atom stereocenters. The lowest BCUT2D eigenvalue weighted by atomic mass is 10.2. The van der Waals surface area contributed by atoms with Crippen molar-refractivity contribution in [3.8, 4) is 0 Å². The molecule has 0 aliphatic rings. The Hall–Kier alpha value is -2.94. The highest BCUT2D eigenvalue weighted by Gasteiger charge is 2.10. The van der Waals surface area contributed by atoms with Gasteiger partial charge in [-0.2, -0.15) is 0 Å². The van der Waals surface area contributed by atoms with Crippen LogP contribution in [0.2, 0.25) is 0 Å². The fourth-order valence-corrected chi connectivity index (χ4v) is 2.58. The number of benzene rings is 2. The Balaban J connectivity index is 1.68. The summed E-state index contributed by atoms with van der Waals surface area (Å²) in [6.07, 6.45) is 0. The first-order chi connectivity index (χ1) is 12.5. The molecule has 0 aliphatic carbocycles. The molecule has 0 heterocycles. The van der Waals surface area contributed by atoms with Crippen molar-refractivity contribution < 1.29 is 23.6 Å². The number of nitro groups is 1. The fourth-order valence-electron chi connectivity index (χ4n) is 1.88. The number of carbonyl (C=O) groups is 2. The molecule has 2 aromatic rings. The molecule has 2 rings (SSSR count). The van der Waals surface area contributed by atoms with E-state index in [0.29, 0.717) is 10.5 Å². The third-order valence-electron chi connectivity index (χ3n) is 3.20. The van der Waals surface area contributed by atoms with E-state index in [1.165, 1.54) is 30.3 Å². The summed E-state index contributed by atoms with van der Waals surface area (Å²) in [6, 6.07) is 11.8. The highest BCUT2D eigenvalue weighted by atomic mass is 32.2. The quantitative estimate of drug-likeness (QED) is 0.328. The van der Waals surface area contributed by atoms with Crippen LogP contribution in [0.1, 0.15) is 5.56 Å². The van der Waals surface area contributed by atoms with Gasteiger partial charge in [0.2, 0.25) is 0 Å². The number of nitrogens with one attached hydrogen (secondary N) is 1. The molecule has 26 heavy (non-hydrogen) atoms. The molecule has 0 saturated heterocycles. The van der Waals surface area contributed by atoms with Gasteiger partial charge < -0.3 is 10.1 Å². The zero-order chi connectivity index (χ0) is 18.9. The molecular weight excluding hydrogens is 363 g/mol. The summed E-state index contributed by atoms with van der Waals surface area (Å²) in [5.41, 5.74) is 0.296. The maximum absolute atomic E-state index is 13.4. The Kier molecular flexibility index (Phi) is 7.10. The smallest absolute Gasteiger partial charge is 0.316 e. The van der Waals surface area contributed by atoms with Gasteiger partial charge in [0.25, 0.3) is 11.6 Å². The van der Waals surface area contributed by atoms with Gasteiger partial charge in [-0.1, -0.05) is 18.2 Å². The SMILES string of the molecule is O=C(COC(=O)CSc1ccc([N+](=O)[O-])cc1)NCc1ccccc1F. The van der Waals surface area contributed by atoms with Crippen molar-refractivity contribution in [2.24, 2.45) is 0 Å². The molecule has 0 aromatic heterocycles. The molecule has 0 radical (unpaired) electrons. The zero-order valence-corrected chi connectivity index (χ0v) is 14.3. The van der Waals surface area contributed by atoms with Gasteiger partial charge in [0.15, 0.2) is 6.61 Å². The van der Waals surface area contributed by atoms with Crippen LogP contribution in [0.25, 0.3) is 0 Å². The largest absolute Gasteiger partial charge is 0.455 e. The van der Waals surface area contributed by atoms with Crippen molar-refractivity contribution in [2.75, 3.05) is 12.4 Å². The molecule has 0 fully saturated rings. The van der Waals surface area contributed by atoms with Crippen LogP contribution < -0.4 is 5.32 Å². The second-order valence-electron chi connectivity index (χ2n) is 5.07. The minimum atomic E-state index is -0.602. The number of halogens is 1. The molecule has 136 valence electrons. The van der Waals surface area contributed by atoms with Gasteiger partial charge in [-0.3, -0.25) is 19.7 Å². The summed E-state index contributed by atoms with van der Waals surface area (Å²) in [4.78, 5) is 34.0. The Morgan fingerprint density at radius 2 is 1.85 bits per heavy atom. The third-order valence-corrected chi connectivity index (χ3v) is 4.19. The van der Waals surface area contributed by atoms with Crippen LogP contribution in [0, 0.1) is 15.9 Å². The topological polar surface area (TPSA) is 98.5 Å². The Bertz CT molecular complexity index is 798. The Morgan fingerprint density at radius 1 is 1.15 bits per heavy atom. The number of esters is 1. The number of rotatable bonds is 8. The van der Waals surface area contributed by atoms with Gasteiger partial charge in [-0.15, -0.1) is 11.8 Å². The number of nitrogens with zero attached hydrogens (tertiary/aromatic N) is 1. The number of hydrogen-bond donors (Lipinski definition) is 1. The number of non-ortho nitro benzene ring substituents is 1. The first-order valence-electron chi connectivity index (χ1n) is 7.48. The van der Waals surface area contributed by atoms with E-state index in [0.717, 1.165) is 11.8 Å².